The van der Waals surface area contributed by atoms with Crippen molar-refractivity contribution in [2.24, 2.45) is 5.92 Å². The van der Waals surface area contributed by atoms with Crippen LogP contribution in [0.3, 0.4) is 0 Å². The highest BCUT2D eigenvalue weighted by atomic mass is 19.1. The van der Waals surface area contributed by atoms with Crippen molar-refractivity contribution in [3.05, 3.63) is 30.1 Å². The fraction of sp³-hybridized carbons (Fsp3) is 0.562. The summed E-state index contributed by atoms with van der Waals surface area (Å²) in [4.78, 5) is 14.1. The van der Waals surface area contributed by atoms with Gasteiger partial charge in [-0.25, -0.2) is 4.39 Å². The lowest BCUT2D eigenvalue weighted by molar-refractivity contribution is -0.119. The van der Waals surface area contributed by atoms with Gasteiger partial charge >= 0.3 is 0 Å². The molecule has 1 aromatic rings. The molecule has 1 saturated heterocycles. The van der Waals surface area contributed by atoms with Crippen molar-refractivity contribution >= 4 is 11.6 Å². The number of carbonyl (C=O) groups is 1. The van der Waals surface area contributed by atoms with E-state index in [2.05, 4.69) is 12.2 Å². The van der Waals surface area contributed by atoms with E-state index in [0.29, 0.717) is 24.6 Å². The van der Waals surface area contributed by atoms with Crippen molar-refractivity contribution in [2.75, 3.05) is 18.0 Å². The van der Waals surface area contributed by atoms with Gasteiger partial charge in [-0.05, 0) is 50.4 Å². The van der Waals surface area contributed by atoms with Gasteiger partial charge in [0.05, 0.1) is 0 Å². The fourth-order valence-corrected chi connectivity index (χ4v) is 2.83. The highest BCUT2D eigenvalue weighted by Gasteiger charge is 2.25. The van der Waals surface area contributed by atoms with Gasteiger partial charge in [0.25, 0.3) is 0 Å². The van der Waals surface area contributed by atoms with Crippen LogP contribution in [0.4, 0.5) is 10.1 Å². The number of nitrogens with one attached hydrogen (secondary N) is 1. The van der Waals surface area contributed by atoms with Crippen LogP contribution in [-0.4, -0.2) is 25.0 Å². The number of halogens is 1. The molecule has 1 amide bonds. The average Bonchev–Trinajstić information content (AvgIpc) is 2.42. The average molecular weight is 278 g/mol. The quantitative estimate of drug-likeness (QED) is 0.918. The van der Waals surface area contributed by atoms with Crippen molar-refractivity contribution < 1.29 is 9.18 Å². The van der Waals surface area contributed by atoms with Crippen LogP contribution in [0, 0.1) is 11.7 Å². The molecule has 1 heterocycles. The number of hydrogen-bond donors (Lipinski definition) is 1. The van der Waals surface area contributed by atoms with Gasteiger partial charge in [-0.3, -0.25) is 4.79 Å². The van der Waals surface area contributed by atoms with Gasteiger partial charge in [0.15, 0.2) is 0 Å². The van der Waals surface area contributed by atoms with E-state index in [1.54, 1.807) is 17.0 Å². The van der Waals surface area contributed by atoms with Crippen molar-refractivity contribution in [2.45, 2.75) is 39.2 Å². The van der Waals surface area contributed by atoms with Crippen molar-refractivity contribution in [3.63, 3.8) is 0 Å². The van der Waals surface area contributed by atoms with E-state index in [-0.39, 0.29) is 17.8 Å². The van der Waals surface area contributed by atoms with Crippen LogP contribution in [0.15, 0.2) is 24.3 Å². The Kier molecular flexibility index (Phi) is 5.12. The maximum atomic E-state index is 13.3. The van der Waals surface area contributed by atoms with E-state index in [9.17, 15) is 9.18 Å². The minimum atomic E-state index is -0.307. The van der Waals surface area contributed by atoms with Crippen molar-refractivity contribution in [1.82, 2.24) is 5.32 Å². The van der Waals surface area contributed by atoms with Gasteiger partial charge < -0.3 is 10.2 Å². The number of piperidine rings is 1. The molecule has 0 spiro atoms. The zero-order valence-electron chi connectivity index (χ0n) is 12.2. The number of amides is 1. The summed E-state index contributed by atoms with van der Waals surface area (Å²) in [6.45, 7) is 5.64. The maximum absolute atomic E-state index is 13.3. The molecule has 0 aromatic heterocycles. The van der Waals surface area contributed by atoms with Crippen LogP contribution in [0.5, 0.6) is 0 Å². The van der Waals surface area contributed by atoms with Crippen molar-refractivity contribution in [1.29, 1.82) is 0 Å². The van der Waals surface area contributed by atoms with Gasteiger partial charge in [-0.1, -0.05) is 13.0 Å². The number of benzene rings is 1. The molecule has 1 aliphatic heterocycles. The first-order valence-electron chi connectivity index (χ1n) is 7.41. The third-order valence-corrected chi connectivity index (χ3v) is 4.06. The standard InChI is InChI=1S/C16H23FN2O/c1-3-19(14-8-4-7-13(17)10-14)16(20)11-15-12(2)6-5-9-18-15/h4,7-8,10,12,15,18H,3,5-6,9,11H2,1-2H3. The SMILES string of the molecule is CCN(C(=O)CC1NCCCC1C)c1cccc(F)c1. The predicted molar refractivity (Wildman–Crippen MR) is 79.2 cm³/mol. The Bertz CT molecular complexity index is 464. The summed E-state index contributed by atoms with van der Waals surface area (Å²) in [6, 6.07) is 6.47. The fourth-order valence-electron chi connectivity index (χ4n) is 2.83. The smallest absolute Gasteiger partial charge is 0.228 e. The zero-order valence-corrected chi connectivity index (χ0v) is 12.2. The number of hydrogen-bond acceptors (Lipinski definition) is 2. The Morgan fingerprint density at radius 3 is 2.95 bits per heavy atom. The summed E-state index contributed by atoms with van der Waals surface area (Å²) in [5, 5.41) is 3.42. The molecule has 4 heteroatoms. The van der Waals surface area contributed by atoms with Crippen molar-refractivity contribution in [3.8, 4) is 0 Å². The lowest BCUT2D eigenvalue weighted by Crippen LogP contribution is -2.44. The summed E-state index contributed by atoms with van der Waals surface area (Å²) in [6.07, 6.45) is 2.82. The molecule has 110 valence electrons. The van der Waals surface area contributed by atoms with Gasteiger partial charge in [0.2, 0.25) is 5.91 Å². The van der Waals surface area contributed by atoms with E-state index in [0.717, 1.165) is 13.0 Å². The molecule has 2 rings (SSSR count). The maximum Gasteiger partial charge on any atom is 0.228 e. The summed E-state index contributed by atoms with van der Waals surface area (Å²) >= 11 is 0. The largest absolute Gasteiger partial charge is 0.313 e. The first-order chi connectivity index (χ1) is 9.61. The van der Waals surface area contributed by atoms with E-state index < -0.39 is 0 Å². The van der Waals surface area contributed by atoms with Gasteiger partial charge in [-0.2, -0.15) is 0 Å². The Labute approximate surface area is 120 Å². The molecule has 20 heavy (non-hydrogen) atoms. The highest BCUT2D eigenvalue weighted by molar-refractivity contribution is 5.93. The number of rotatable bonds is 4. The molecule has 1 aliphatic rings. The molecule has 1 fully saturated rings. The second kappa shape index (κ2) is 6.84. The van der Waals surface area contributed by atoms with Gasteiger partial charge in [0.1, 0.15) is 5.82 Å². The third-order valence-electron chi connectivity index (χ3n) is 4.06. The van der Waals surface area contributed by atoms with E-state index >= 15 is 0 Å². The topological polar surface area (TPSA) is 32.3 Å². The molecule has 1 aromatic carbocycles. The molecule has 0 aliphatic carbocycles. The Hall–Kier alpha value is -1.42. The van der Waals surface area contributed by atoms with Crippen LogP contribution in [0.25, 0.3) is 0 Å². The predicted octanol–water partition coefficient (Wildman–Crippen LogP) is 2.96. The normalized spacial score (nSPS) is 22.6. The number of carbonyl (C=O) groups excluding carboxylic acids is 1. The minimum absolute atomic E-state index is 0.0596. The van der Waals surface area contributed by atoms with E-state index in [1.165, 1.54) is 18.6 Å². The van der Waals surface area contributed by atoms with Crippen LogP contribution in [-0.2, 0) is 4.79 Å². The van der Waals surface area contributed by atoms with Crippen LogP contribution in [0.2, 0.25) is 0 Å². The first-order valence-corrected chi connectivity index (χ1v) is 7.41. The number of anilines is 1. The number of nitrogens with zero attached hydrogens (tertiary/aromatic N) is 1. The van der Waals surface area contributed by atoms with Crippen LogP contribution in [0.1, 0.15) is 33.1 Å². The Morgan fingerprint density at radius 1 is 1.50 bits per heavy atom. The van der Waals surface area contributed by atoms with E-state index in [1.807, 2.05) is 6.92 Å². The molecule has 3 nitrogen and oxygen atoms in total. The molecule has 1 N–H and O–H groups in total. The Balaban J connectivity index is 2.05. The molecule has 0 bridgehead atoms. The second-order valence-electron chi connectivity index (χ2n) is 5.50. The third kappa shape index (κ3) is 3.57. The van der Waals surface area contributed by atoms with Gasteiger partial charge in [0, 0.05) is 24.7 Å². The molecular formula is C16H23FN2O. The molecule has 2 unspecified atom stereocenters. The lowest BCUT2D eigenvalue weighted by atomic mass is 9.90. The lowest BCUT2D eigenvalue weighted by Gasteiger charge is -2.31. The summed E-state index contributed by atoms with van der Waals surface area (Å²) < 4.78 is 13.3. The Morgan fingerprint density at radius 2 is 2.30 bits per heavy atom. The molecule has 0 radical (unpaired) electrons. The second-order valence-corrected chi connectivity index (χ2v) is 5.50. The van der Waals surface area contributed by atoms with Gasteiger partial charge in [-0.15, -0.1) is 0 Å². The first kappa shape index (κ1) is 15.0. The monoisotopic (exact) mass is 278 g/mol. The summed E-state index contributed by atoms with van der Waals surface area (Å²) in [5.41, 5.74) is 0.640. The summed E-state index contributed by atoms with van der Waals surface area (Å²) in [7, 11) is 0. The highest BCUT2D eigenvalue weighted by Crippen LogP contribution is 2.21. The van der Waals surface area contributed by atoms with Crippen LogP contribution < -0.4 is 10.2 Å². The molecule has 0 saturated carbocycles. The minimum Gasteiger partial charge on any atom is -0.313 e. The van der Waals surface area contributed by atoms with Crippen LogP contribution >= 0.6 is 0 Å². The zero-order chi connectivity index (χ0) is 14.5. The molecular weight excluding hydrogens is 255 g/mol. The summed E-state index contributed by atoms with van der Waals surface area (Å²) in [5.74, 6) is 0.265. The van der Waals surface area contributed by atoms with E-state index in [4.69, 9.17) is 0 Å². The molecule has 2 atom stereocenters.